The third-order valence-corrected chi connectivity index (χ3v) is 5.34. The summed E-state index contributed by atoms with van der Waals surface area (Å²) in [4.78, 5) is 35.6. The van der Waals surface area contributed by atoms with Crippen LogP contribution in [0.3, 0.4) is 0 Å². The maximum absolute atomic E-state index is 12.6. The number of nitrogens with one attached hydrogen (secondary N) is 1. The smallest absolute Gasteiger partial charge is 0.339 e. The topological polar surface area (TPSA) is 106 Å². The number of carboxylic acids is 1. The summed E-state index contributed by atoms with van der Waals surface area (Å²) in [5.41, 5.74) is 2.35. The van der Waals surface area contributed by atoms with E-state index in [-0.39, 0.29) is 5.63 Å². The van der Waals surface area contributed by atoms with Crippen molar-refractivity contribution in [2.45, 2.75) is 78.9 Å². The molecular formula is C23H31NO6. The van der Waals surface area contributed by atoms with Gasteiger partial charge in [-0.1, -0.05) is 26.2 Å². The van der Waals surface area contributed by atoms with Crippen LogP contribution in [0.25, 0.3) is 11.0 Å². The largest absolute Gasteiger partial charge is 0.480 e. The Morgan fingerprint density at radius 2 is 1.83 bits per heavy atom. The predicted molar refractivity (Wildman–Crippen MR) is 115 cm³/mol. The van der Waals surface area contributed by atoms with E-state index in [0.717, 1.165) is 36.6 Å². The predicted octanol–water partition coefficient (Wildman–Crippen LogP) is 3.89. The number of rotatable bonds is 10. The van der Waals surface area contributed by atoms with Gasteiger partial charge in [0.15, 0.2) is 6.10 Å². The van der Waals surface area contributed by atoms with E-state index in [1.807, 2.05) is 13.0 Å². The summed E-state index contributed by atoms with van der Waals surface area (Å²) in [6.07, 6.45) is 4.11. The number of amides is 1. The van der Waals surface area contributed by atoms with Crippen molar-refractivity contribution in [1.29, 1.82) is 0 Å². The lowest BCUT2D eigenvalue weighted by Gasteiger charge is -2.18. The molecule has 164 valence electrons. The summed E-state index contributed by atoms with van der Waals surface area (Å²) < 4.78 is 11.4. The number of carbonyl (C=O) groups is 2. The second-order valence-corrected chi connectivity index (χ2v) is 7.70. The highest BCUT2D eigenvalue weighted by Crippen LogP contribution is 2.30. The molecule has 30 heavy (non-hydrogen) atoms. The van der Waals surface area contributed by atoms with Crippen LogP contribution in [0.5, 0.6) is 5.75 Å². The van der Waals surface area contributed by atoms with E-state index < -0.39 is 24.0 Å². The number of carbonyl (C=O) groups excluding carboxylic acids is 1. The molecule has 0 saturated carbocycles. The number of aliphatic carboxylic acids is 1. The number of unbranched alkanes of at least 4 members (excludes halogenated alkanes) is 3. The average Bonchev–Trinajstić information content (AvgIpc) is 2.69. The van der Waals surface area contributed by atoms with Gasteiger partial charge in [0, 0.05) is 16.5 Å². The van der Waals surface area contributed by atoms with Gasteiger partial charge in [-0.2, -0.15) is 0 Å². The summed E-state index contributed by atoms with van der Waals surface area (Å²) in [7, 11) is 0. The molecule has 1 amide bonds. The first-order valence-corrected chi connectivity index (χ1v) is 10.4. The summed E-state index contributed by atoms with van der Waals surface area (Å²) in [5, 5.41) is 12.1. The summed E-state index contributed by atoms with van der Waals surface area (Å²) >= 11 is 0. The molecule has 2 atom stereocenters. The minimum absolute atomic E-state index is 0.335. The maximum Gasteiger partial charge on any atom is 0.339 e. The SMILES string of the molecule is CCCCCCc1c(C)c2ccc(OC(C)C(=O)NC(C)C(=O)O)c(C)c2oc1=O. The monoisotopic (exact) mass is 417 g/mol. The first-order valence-electron chi connectivity index (χ1n) is 10.4. The van der Waals surface area contributed by atoms with Gasteiger partial charge in [0.2, 0.25) is 0 Å². The average molecular weight is 418 g/mol. The third-order valence-electron chi connectivity index (χ3n) is 5.34. The lowest BCUT2D eigenvalue weighted by atomic mass is 9.99. The molecule has 0 saturated heterocycles. The minimum atomic E-state index is -1.12. The van der Waals surface area contributed by atoms with Crippen LogP contribution in [0, 0.1) is 13.8 Å². The molecule has 0 aliphatic heterocycles. The van der Waals surface area contributed by atoms with Gasteiger partial charge in [-0.3, -0.25) is 9.59 Å². The fourth-order valence-corrected chi connectivity index (χ4v) is 3.35. The Hall–Kier alpha value is -2.83. The van der Waals surface area contributed by atoms with E-state index >= 15 is 0 Å². The van der Waals surface area contributed by atoms with Gasteiger partial charge in [-0.15, -0.1) is 0 Å². The zero-order valence-corrected chi connectivity index (χ0v) is 18.3. The minimum Gasteiger partial charge on any atom is -0.480 e. The third kappa shape index (κ3) is 5.40. The Morgan fingerprint density at radius 1 is 1.13 bits per heavy atom. The molecule has 7 heteroatoms. The van der Waals surface area contributed by atoms with Crippen LogP contribution in [0.4, 0.5) is 0 Å². The Labute approximate surface area is 176 Å². The number of aryl methyl sites for hydroxylation is 2. The number of fused-ring (bicyclic) bond motifs is 1. The number of benzene rings is 1. The van der Waals surface area contributed by atoms with Crippen molar-refractivity contribution in [1.82, 2.24) is 5.32 Å². The van der Waals surface area contributed by atoms with Gasteiger partial charge >= 0.3 is 11.6 Å². The Morgan fingerprint density at radius 3 is 2.47 bits per heavy atom. The fourth-order valence-electron chi connectivity index (χ4n) is 3.35. The highest BCUT2D eigenvalue weighted by atomic mass is 16.5. The Balaban J connectivity index is 2.26. The number of hydrogen-bond acceptors (Lipinski definition) is 5. The molecule has 2 aromatic rings. The Bertz CT molecular complexity index is 978. The van der Waals surface area contributed by atoms with Crippen molar-refractivity contribution in [3.8, 4) is 5.75 Å². The van der Waals surface area contributed by atoms with E-state index in [9.17, 15) is 14.4 Å². The molecule has 2 unspecified atom stereocenters. The van der Waals surface area contributed by atoms with Crippen molar-refractivity contribution < 1.29 is 23.8 Å². The van der Waals surface area contributed by atoms with Gasteiger partial charge in [0.1, 0.15) is 17.4 Å². The number of hydrogen-bond donors (Lipinski definition) is 2. The summed E-state index contributed by atoms with van der Waals surface area (Å²) in [6.45, 7) is 8.76. The highest BCUT2D eigenvalue weighted by Gasteiger charge is 2.22. The quantitative estimate of drug-likeness (QED) is 0.449. The van der Waals surface area contributed by atoms with Crippen LogP contribution >= 0.6 is 0 Å². The fraction of sp³-hybridized carbons (Fsp3) is 0.522. The Kier molecular flexibility index (Phi) is 8.03. The van der Waals surface area contributed by atoms with Crippen LogP contribution in [0.2, 0.25) is 0 Å². The van der Waals surface area contributed by atoms with Gasteiger partial charge in [0.25, 0.3) is 5.91 Å². The lowest BCUT2D eigenvalue weighted by Crippen LogP contribution is -2.44. The van der Waals surface area contributed by atoms with Gasteiger partial charge in [0.05, 0.1) is 0 Å². The molecule has 1 heterocycles. The molecule has 0 fully saturated rings. The van der Waals surface area contributed by atoms with Crippen LogP contribution in [-0.2, 0) is 16.0 Å². The maximum atomic E-state index is 12.6. The van der Waals surface area contributed by atoms with Gasteiger partial charge < -0.3 is 19.6 Å². The van der Waals surface area contributed by atoms with Crippen molar-refractivity contribution in [3.05, 3.63) is 39.2 Å². The zero-order chi connectivity index (χ0) is 22.4. The normalized spacial score (nSPS) is 13.1. The molecule has 1 aromatic heterocycles. The molecular weight excluding hydrogens is 386 g/mol. The van der Waals surface area contributed by atoms with Gasteiger partial charge in [-0.25, -0.2) is 4.79 Å². The van der Waals surface area contributed by atoms with E-state index in [4.69, 9.17) is 14.3 Å². The second-order valence-electron chi connectivity index (χ2n) is 7.70. The molecule has 7 nitrogen and oxygen atoms in total. The first kappa shape index (κ1) is 23.4. The first-order chi connectivity index (χ1) is 14.2. The van der Waals surface area contributed by atoms with Crippen LogP contribution < -0.4 is 15.7 Å². The molecule has 0 aliphatic carbocycles. The molecule has 2 N–H and O–H groups in total. The molecule has 2 rings (SSSR count). The van der Waals surface area contributed by atoms with Crippen molar-refractivity contribution in [3.63, 3.8) is 0 Å². The van der Waals surface area contributed by atoms with E-state index in [1.54, 1.807) is 13.0 Å². The molecule has 0 aliphatic rings. The van der Waals surface area contributed by atoms with Crippen molar-refractivity contribution >= 4 is 22.8 Å². The zero-order valence-electron chi connectivity index (χ0n) is 18.3. The van der Waals surface area contributed by atoms with E-state index in [2.05, 4.69) is 12.2 Å². The van der Waals surface area contributed by atoms with Crippen LogP contribution in [-0.4, -0.2) is 29.1 Å². The standard InChI is InChI=1S/C23H31NO6/c1-6-7-8-9-10-18-13(2)17-11-12-19(14(3)20(17)30-23(18)28)29-16(5)21(25)24-15(4)22(26)27/h11-12,15-16H,6-10H2,1-5H3,(H,24,25)(H,26,27). The second kappa shape index (κ2) is 10.3. The van der Waals surface area contributed by atoms with Crippen molar-refractivity contribution in [2.24, 2.45) is 0 Å². The molecule has 0 radical (unpaired) electrons. The number of ether oxygens (including phenoxy) is 1. The van der Waals surface area contributed by atoms with Gasteiger partial charge in [-0.05, 0) is 58.2 Å². The summed E-state index contributed by atoms with van der Waals surface area (Å²) in [6, 6.07) is 2.56. The molecule has 0 bridgehead atoms. The van der Waals surface area contributed by atoms with Crippen molar-refractivity contribution in [2.75, 3.05) is 0 Å². The summed E-state index contributed by atoms with van der Waals surface area (Å²) in [5.74, 6) is -1.25. The van der Waals surface area contributed by atoms with Crippen LogP contribution in [0.1, 0.15) is 63.1 Å². The van der Waals surface area contributed by atoms with Crippen LogP contribution in [0.15, 0.2) is 21.3 Å². The highest BCUT2D eigenvalue weighted by molar-refractivity contribution is 5.87. The molecule has 0 spiro atoms. The van der Waals surface area contributed by atoms with E-state index in [0.29, 0.717) is 28.9 Å². The lowest BCUT2D eigenvalue weighted by molar-refractivity contribution is -0.142. The van der Waals surface area contributed by atoms with E-state index in [1.165, 1.54) is 13.8 Å². The number of carboxylic acid groups (broad SMARTS) is 1. The molecule has 1 aromatic carbocycles.